The summed E-state index contributed by atoms with van der Waals surface area (Å²) in [6.07, 6.45) is 22.3. The van der Waals surface area contributed by atoms with Gasteiger partial charge in [-0.15, -0.1) is 0 Å². The zero-order chi connectivity index (χ0) is 20.8. The van der Waals surface area contributed by atoms with Crippen LogP contribution in [0.4, 0.5) is 0 Å². The number of ether oxygens (including phenoxy) is 1. The molecule has 4 nitrogen and oxygen atoms in total. The van der Waals surface area contributed by atoms with E-state index in [0.717, 1.165) is 52.2 Å². The Morgan fingerprint density at radius 2 is 1.21 bits per heavy atom. The van der Waals surface area contributed by atoms with E-state index < -0.39 is 0 Å². The topological polar surface area (TPSA) is 41.6 Å². The standard InChI is InChI=1S/C25H50N2O2/c1-2-3-4-5-6-7-8-9-10-11-12-13-14-15-16-18-25(28)26-19-17-20-27-21-23-29-24-22-27/h2-24H2,1H3,(H,26,28). The first kappa shape index (κ1) is 26.4. The van der Waals surface area contributed by atoms with Crippen LogP contribution < -0.4 is 5.32 Å². The van der Waals surface area contributed by atoms with Crippen LogP contribution in [0.3, 0.4) is 0 Å². The van der Waals surface area contributed by atoms with Crippen LogP contribution >= 0.6 is 0 Å². The number of nitrogens with one attached hydrogen (secondary N) is 1. The molecule has 1 heterocycles. The number of unbranched alkanes of at least 4 members (excludes halogenated alkanes) is 14. The van der Waals surface area contributed by atoms with E-state index in [1.807, 2.05) is 0 Å². The summed E-state index contributed by atoms with van der Waals surface area (Å²) in [5.74, 6) is 0.238. The molecule has 1 aliphatic heterocycles. The fourth-order valence-corrected chi connectivity index (χ4v) is 4.10. The molecular formula is C25H50N2O2. The molecule has 1 rings (SSSR count). The highest BCUT2D eigenvalue weighted by Gasteiger charge is 2.09. The Morgan fingerprint density at radius 3 is 1.72 bits per heavy atom. The van der Waals surface area contributed by atoms with Crippen LogP contribution in [0, 0.1) is 0 Å². The average molecular weight is 411 g/mol. The first-order valence-electron chi connectivity index (χ1n) is 12.9. The second-order valence-corrected chi connectivity index (χ2v) is 8.86. The maximum Gasteiger partial charge on any atom is 0.219 e. The van der Waals surface area contributed by atoms with Crippen molar-refractivity contribution in [2.24, 2.45) is 0 Å². The maximum absolute atomic E-state index is 11.9. The molecule has 1 N–H and O–H groups in total. The number of morpholine rings is 1. The highest BCUT2D eigenvalue weighted by atomic mass is 16.5. The molecule has 0 radical (unpaired) electrons. The number of carbonyl (C=O) groups is 1. The minimum atomic E-state index is 0.238. The fourth-order valence-electron chi connectivity index (χ4n) is 4.10. The van der Waals surface area contributed by atoms with Gasteiger partial charge in [0.15, 0.2) is 0 Å². The summed E-state index contributed by atoms with van der Waals surface area (Å²) in [7, 11) is 0. The Balaban J connectivity index is 1.72. The van der Waals surface area contributed by atoms with Crippen molar-refractivity contribution < 1.29 is 9.53 Å². The highest BCUT2D eigenvalue weighted by Crippen LogP contribution is 2.13. The van der Waals surface area contributed by atoms with E-state index in [1.54, 1.807) is 0 Å². The van der Waals surface area contributed by atoms with Gasteiger partial charge in [-0.2, -0.15) is 0 Å². The molecule has 0 unspecified atom stereocenters. The average Bonchev–Trinajstić information content (AvgIpc) is 2.75. The van der Waals surface area contributed by atoms with Gasteiger partial charge in [-0.1, -0.05) is 96.8 Å². The Labute approximate surface area is 181 Å². The van der Waals surface area contributed by atoms with Crippen LogP contribution in [0.25, 0.3) is 0 Å². The molecule has 0 saturated carbocycles. The van der Waals surface area contributed by atoms with E-state index in [-0.39, 0.29) is 5.91 Å². The SMILES string of the molecule is CCCCCCCCCCCCCCCCCC(=O)NCCCN1CCOCC1. The molecule has 0 bridgehead atoms. The summed E-state index contributed by atoms with van der Waals surface area (Å²) >= 11 is 0. The molecule has 0 atom stereocenters. The lowest BCUT2D eigenvalue weighted by Crippen LogP contribution is -2.38. The molecule has 29 heavy (non-hydrogen) atoms. The number of carbonyl (C=O) groups excluding carboxylic acids is 1. The molecule has 0 aromatic carbocycles. The molecule has 4 heteroatoms. The quantitative estimate of drug-likeness (QED) is 0.247. The minimum Gasteiger partial charge on any atom is -0.379 e. The first-order chi connectivity index (χ1) is 14.3. The van der Waals surface area contributed by atoms with Crippen molar-refractivity contribution in [3.05, 3.63) is 0 Å². The van der Waals surface area contributed by atoms with E-state index in [9.17, 15) is 4.79 Å². The Hall–Kier alpha value is -0.610. The van der Waals surface area contributed by atoms with Crippen molar-refractivity contribution >= 4 is 5.91 Å². The molecule has 1 amide bonds. The highest BCUT2D eigenvalue weighted by molar-refractivity contribution is 5.75. The molecule has 0 aliphatic carbocycles. The third kappa shape index (κ3) is 17.9. The van der Waals surface area contributed by atoms with Gasteiger partial charge in [0.05, 0.1) is 13.2 Å². The Kier molecular flexibility index (Phi) is 18.8. The lowest BCUT2D eigenvalue weighted by Gasteiger charge is -2.26. The maximum atomic E-state index is 11.9. The van der Waals surface area contributed by atoms with Crippen molar-refractivity contribution in [1.29, 1.82) is 0 Å². The monoisotopic (exact) mass is 410 g/mol. The summed E-state index contributed by atoms with van der Waals surface area (Å²) < 4.78 is 5.35. The summed E-state index contributed by atoms with van der Waals surface area (Å²) in [6, 6.07) is 0. The van der Waals surface area contributed by atoms with E-state index in [1.165, 1.54) is 89.9 Å². The number of hydrogen-bond acceptors (Lipinski definition) is 3. The van der Waals surface area contributed by atoms with Gasteiger partial charge in [0, 0.05) is 26.1 Å². The number of nitrogens with zero attached hydrogens (tertiary/aromatic N) is 1. The van der Waals surface area contributed by atoms with Gasteiger partial charge >= 0.3 is 0 Å². The normalized spacial score (nSPS) is 14.9. The van der Waals surface area contributed by atoms with Crippen molar-refractivity contribution in [2.45, 2.75) is 116 Å². The zero-order valence-electron chi connectivity index (χ0n) is 19.5. The van der Waals surface area contributed by atoms with Gasteiger partial charge in [0.1, 0.15) is 0 Å². The van der Waals surface area contributed by atoms with Crippen LogP contribution in [0.2, 0.25) is 0 Å². The predicted molar refractivity (Wildman–Crippen MR) is 124 cm³/mol. The van der Waals surface area contributed by atoms with Gasteiger partial charge in [0.2, 0.25) is 5.91 Å². The third-order valence-electron chi connectivity index (χ3n) is 6.08. The van der Waals surface area contributed by atoms with Gasteiger partial charge in [-0.25, -0.2) is 0 Å². The minimum absolute atomic E-state index is 0.238. The van der Waals surface area contributed by atoms with Crippen molar-refractivity contribution in [3.63, 3.8) is 0 Å². The Bertz CT molecular complexity index is 357. The molecule has 0 aromatic rings. The molecule has 172 valence electrons. The van der Waals surface area contributed by atoms with Gasteiger partial charge in [-0.3, -0.25) is 9.69 Å². The molecule has 0 spiro atoms. The van der Waals surface area contributed by atoms with E-state index in [0.29, 0.717) is 6.42 Å². The van der Waals surface area contributed by atoms with E-state index in [2.05, 4.69) is 17.1 Å². The second kappa shape index (κ2) is 20.7. The van der Waals surface area contributed by atoms with Gasteiger partial charge < -0.3 is 10.1 Å². The lowest BCUT2D eigenvalue weighted by atomic mass is 10.0. The largest absolute Gasteiger partial charge is 0.379 e. The summed E-state index contributed by atoms with van der Waals surface area (Å²) in [6.45, 7) is 7.95. The van der Waals surface area contributed by atoms with Crippen LogP contribution in [0.5, 0.6) is 0 Å². The van der Waals surface area contributed by atoms with Crippen molar-refractivity contribution in [2.75, 3.05) is 39.4 Å². The smallest absolute Gasteiger partial charge is 0.219 e. The van der Waals surface area contributed by atoms with Gasteiger partial charge in [-0.05, 0) is 19.4 Å². The third-order valence-corrected chi connectivity index (χ3v) is 6.08. The van der Waals surface area contributed by atoms with E-state index >= 15 is 0 Å². The molecule has 1 aliphatic rings. The summed E-state index contributed by atoms with van der Waals surface area (Å²) in [5, 5.41) is 3.07. The zero-order valence-corrected chi connectivity index (χ0v) is 19.5. The van der Waals surface area contributed by atoms with Crippen LogP contribution in [0.1, 0.15) is 116 Å². The van der Waals surface area contributed by atoms with Crippen LogP contribution in [0.15, 0.2) is 0 Å². The summed E-state index contributed by atoms with van der Waals surface area (Å²) in [4.78, 5) is 14.3. The van der Waals surface area contributed by atoms with Crippen LogP contribution in [-0.4, -0.2) is 50.2 Å². The van der Waals surface area contributed by atoms with Crippen molar-refractivity contribution in [1.82, 2.24) is 10.2 Å². The molecule has 0 aromatic heterocycles. The first-order valence-corrected chi connectivity index (χ1v) is 12.9. The summed E-state index contributed by atoms with van der Waals surface area (Å²) in [5.41, 5.74) is 0. The molecule has 1 saturated heterocycles. The number of amides is 1. The van der Waals surface area contributed by atoms with Gasteiger partial charge in [0.25, 0.3) is 0 Å². The number of rotatable bonds is 20. The lowest BCUT2D eigenvalue weighted by molar-refractivity contribution is -0.121. The molecule has 1 fully saturated rings. The Morgan fingerprint density at radius 1 is 0.724 bits per heavy atom. The predicted octanol–water partition coefficient (Wildman–Crippen LogP) is 6.09. The fraction of sp³-hybridized carbons (Fsp3) is 0.960. The second-order valence-electron chi connectivity index (χ2n) is 8.86. The molecular weight excluding hydrogens is 360 g/mol. The van der Waals surface area contributed by atoms with E-state index in [4.69, 9.17) is 4.74 Å². The number of hydrogen-bond donors (Lipinski definition) is 1. The van der Waals surface area contributed by atoms with Crippen molar-refractivity contribution in [3.8, 4) is 0 Å². The van der Waals surface area contributed by atoms with Crippen LogP contribution in [-0.2, 0) is 9.53 Å².